The summed E-state index contributed by atoms with van der Waals surface area (Å²) in [7, 11) is -2.39. The lowest BCUT2D eigenvalue weighted by Gasteiger charge is -2.19. The van der Waals surface area contributed by atoms with Gasteiger partial charge in [0, 0.05) is 22.1 Å². The maximum absolute atomic E-state index is 13.0. The van der Waals surface area contributed by atoms with Crippen molar-refractivity contribution in [3.8, 4) is 11.5 Å². The fourth-order valence-corrected chi connectivity index (χ4v) is 4.88. The molecule has 1 amide bonds. The quantitative estimate of drug-likeness (QED) is 0.276. The molecule has 0 aliphatic carbocycles. The first kappa shape index (κ1) is 24.1. The van der Waals surface area contributed by atoms with Crippen molar-refractivity contribution in [2.75, 3.05) is 16.7 Å². The number of hydrogen-bond donors (Lipinski definition) is 2. The van der Waals surface area contributed by atoms with Crippen molar-refractivity contribution in [2.24, 2.45) is 0 Å². The molecule has 1 heterocycles. The molecule has 0 atom stereocenters. The second kappa shape index (κ2) is 9.71. The van der Waals surface area contributed by atoms with Crippen LogP contribution in [0.3, 0.4) is 0 Å². The monoisotopic (exact) mass is 578 g/mol. The number of hydrogen-bond acceptors (Lipinski definition) is 6. The van der Waals surface area contributed by atoms with E-state index < -0.39 is 15.9 Å². The number of aromatic amines is 1. The molecule has 3 aromatic carbocycles. The van der Waals surface area contributed by atoms with Crippen molar-refractivity contribution in [1.82, 2.24) is 10.2 Å². The van der Waals surface area contributed by atoms with E-state index in [0.29, 0.717) is 22.0 Å². The Bertz CT molecular complexity index is 1520. The van der Waals surface area contributed by atoms with Crippen molar-refractivity contribution in [1.29, 1.82) is 0 Å². The molecule has 2 N–H and O–H groups in total. The van der Waals surface area contributed by atoms with Gasteiger partial charge in [0.05, 0.1) is 21.8 Å². The number of amides is 1. The van der Waals surface area contributed by atoms with Gasteiger partial charge >= 0.3 is 0 Å². The number of anilines is 2. The van der Waals surface area contributed by atoms with Crippen LogP contribution in [0, 0.1) is 4.84 Å². The lowest BCUT2D eigenvalue weighted by molar-refractivity contribution is 0.102. The van der Waals surface area contributed by atoms with E-state index in [1.165, 1.54) is 31.3 Å². The molecule has 174 valence electrons. The van der Waals surface area contributed by atoms with Crippen LogP contribution < -0.4 is 9.62 Å². The zero-order valence-electron chi connectivity index (χ0n) is 17.5. The number of rotatable bonds is 6. The summed E-state index contributed by atoms with van der Waals surface area (Å²) < 4.78 is 33.2. The Morgan fingerprint density at radius 1 is 1.12 bits per heavy atom. The summed E-state index contributed by atoms with van der Waals surface area (Å²) in [4.78, 5) is 13.0. The van der Waals surface area contributed by atoms with Crippen LogP contribution >= 0.6 is 39.7 Å². The van der Waals surface area contributed by atoms with Gasteiger partial charge in [-0.15, -0.1) is 5.10 Å². The topological polar surface area (TPSA) is 108 Å². The number of nitrogens with zero attached hydrogens (tertiary/aromatic N) is 2. The van der Waals surface area contributed by atoms with E-state index in [1.54, 1.807) is 42.5 Å². The van der Waals surface area contributed by atoms with Gasteiger partial charge in [-0.3, -0.25) is 9.10 Å². The molecule has 0 bridgehead atoms. The lowest BCUT2D eigenvalue weighted by atomic mass is 10.1. The molecule has 4 rings (SSSR count). The van der Waals surface area contributed by atoms with Gasteiger partial charge in [-0.25, -0.2) is 13.5 Å². The highest BCUT2D eigenvalue weighted by molar-refractivity contribution is 9.10. The molecule has 0 saturated carbocycles. The number of nitrogens with one attached hydrogen (secondary N) is 2. The molecule has 4 aromatic rings. The maximum Gasteiger partial charge on any atom is 0.284 e. The predicted molar refractivity (Wildman–Crippen MR) is 136 cm³/mol. The minimum absolute atomic E-state index is 0.0409. The van der Waals surface area contributed by atoms with E-state index in [0.717, 1.165) is 8.78 Å². The summed E-state index contributed by atoms with van der Waals surface area (Å²) in [5.74, 6) is -0.221. The summed E-state index contributed by atoms with van der Waals surface area (Å²) in [5, 5.41) is 9.85. The Morgan fingerprint density at radius 2 is 1.79 bits per heavy atom. The van der Waals surface area contributed by atoms with Crippen LogP contribution in [-0.2, 0) is 10.0 Å². The predicted octanol–water partition coefficient (Wildman–Crippen LogP) is 5.89. The molecule has 0 radical (unpaired) electrons. The van der Waals surface area contributed by atoms with Gasteiger partial charge in [0.1, 0.15) is 0 Å². The van der Waals surface area contributed by atoms with E-state index in [4.69, 9.17) is 28.2 Å². The van der Waals surface area contributed by atoms with E-state index in [9.17, 15) is 13.2 Å². The average Bonchev–Trinajstić information content (AvgIpc) is 3.26. The van der Waals surface area contributed by atoms with E-state index in [2.05, 4.69) is 31.4 Å². The van der Waals surface area contributed by atoms with Crippen LogP contribution in [0.15, 0.2) is 80.5 Å². The SMILES string of the molecule is CN(c1ccc(Cl)cc1)S(=O)(=O)c1ccc(C(=O)Nc2ccc(Br)cc2-c2n[nH]c(=S)o2)cc1. The van der Waals surface area contributed by atoms with Gasteiger partial charge in [-0.05, 0) is 78.9 Å². The van der Waals surface area contributed by atoms with Gasteiger partial charge in [-0.2, -0.15) is 0 Å². The molecule has 1 aromatic heterocycles. The van der Waals surface area contributed by atoms with Gasteiger partial charge in [0.15, 0.2) is 0 Å². The molecule has 0 fully saturated rings. The number of benzene rings is 3. The molecule has 34 heavy (non-hydrogen) atoms. The molecule has 0 aliphatic rings. The Morgan fingerprint density at radius 3 is 2.41 bits per heavy atom. The van der Waals surface area contributed by atoms with Crippen LogP contribution in [0.2, 0.25) is 5.02 Å². The second-order valence-electron chi connectivity index (χ2n) is 7.04. The van der Waals surface area contributed by atoms with Crippen LogP contribution in [-0.4, -0.2) is 31.6 Å². The normalized spacial score (nSPS) is 11.3. The van der Waals surface area contributed by atoms with Crippen LogP contribution in [0.4, 0.5) is 11.4 Å². The summed E-state index contributed by atoms with van der Waals surface area (Å²) in [6, 6.07) is 17.2. The third-order valence-electron chi connectivity index (χ3n) is 4.86. The summed E-state index contributed by atoms with van der Waals surface area (Å²) in [6.07, 6.45) is 0. The molecule has 0 unspecified atom stereocenters. The number of carbonyl (C=O) groups excluding carboxylic acids is 1. The van der Waals surface area contributed by atoms with Gasteiger partial charge in [-0.1, -0.05) is 27.5 Å². The van der Waals surface area contributed by atoms with Crippen LogP contribution in [0.5, 0.6) is 0 Å². The first-order valence-electron chi connectivity index (χ1n) is 9.66. The Kier molecular flexibility index (Phi) is 6.89. The smallest absolute Gasteiger partial charge is 0.284 e. The summed E-state index contributed by atoms with van der Waals surface area (Å²) in [6.45, 7) is 0. The molecular weight excluding hydrogens is 564 g/mol. The zero-order valence-corrected chi connectivity index (χ0v) is 21.4. The number of sulfonamides is 1. The minimum Gasteiger partial charge on any atom is -0.409 e. The average molecular weight is 580 g/mol. The molecule has 0 saturated heterocycles. The Balaban J connectivity index is 1.56. The first-order valence-corrected chi connectivity index (χ1v) is 12.7. The number of H-pyrrole nitrogens is 1. The van der Waals surface area contributed by atoms with Crippen molar-refractivity contribution >= 4 is 67.1 Å². The summed E-state index contributed by atoms with van der Waals surface area (Å²) in [5.41, 5.74) is 1.68. The van der Waals surface area contributed by atoms with E-state index in [1.807, 2.05) is 0 Å². The Hall–Kier alpha value is -2.99. The number of halogens is 2. The zero-order chi connectivity index (χ0) is 24.5. The summed E-state index contributed by atoms with van der Waals surface area (Å²) >= 11 is 14.2. The standard InChI is InChI=1S/C22H16BrClN4O4S2/c1-28(16-7-5-15(24)6-8-16)34(30,31)17-9-2-13(3-10-17)20(29)25-19-11-4-14(23)12-18(19)21-26-27-22(33)32-21/h2-12H,1H3,(H,25,29)(H,27,33). The largest absolute Gasteiger partial charge is 0.409 e. The maximum atomic E-state index is 13.0. The molecule has 0 spiro atoms. The first-order chi connectivity index (χ1) is 16.1. The highest BCUT2D eigenvalue weighted by atomic mass is 79.9. The fourth-order valence-electron chi connectivity index (χ4n) is 3.07. The molecule has 0 aliphatic heterocycles. The van der Waals surface area contributed by atoms with Gasteiger partial charge in [0.25, 0.3) is 20.8 Å². The molecule has 8 nitrogen and oxygen atoms in total. The van der Waals surface area contributed by atoms with Crippen molar-refractivity contribution in [2.45, 2.75) is 4.90 Å². The van der Waals surface area contributed by atoms with E-state index >= 15 is 0 Å². The second-order valence-corrected chi connectivity index (χ2v) is 10.7. The molecular formula is C22H16BrClN4O4S2. The Labute approximate surface area is 213 Å². The van der Waals surface area contributed by atoms with Gasteiger partial charge < -0.3 is 9.73 Å². The van der Waals surface area contributed by atoms with Crippen molar-refractivity contribution < 1.29 is 17.6 Å². The third kappa shape index (κ3) is 5.07. The van der Waals surface area contributed by atoms with Gasteiger partial charge in [0.2, 0.25) is 5.89 Å². The minimum atomic E-state index is -3.83. The lowest BCUT2D eigenvalue weighted by Crippen LogP contribution is -2.26. The number of aromatic nitrogens is 2. The van der Waals surface area contributed by atoms with E-state index in [-0.39, 0.29) is 21.2 Å². The third-order valence-corrected chi connectivity index (χ3v) is 7.58. The van der Waals surface area contributed by atoms with Crippen LogP contribution in [0.25, 0.3) is 11.5 Å². The highest BCUT2D eigenvalue weighted by Gasteiger charge is 2.22. The number of carbonyl (C=O) groups is 1. The highest BCUT2D eigenvalue weighted by Crippen LogP contribution is 2.30. The fraction of sp³-hybridized carbons (Fsp3) is 0.0455. The van der Waals surface area contributed by atoms with Crippen molar-refractivity contribution in [3.63, 3.8) is 0 Å². The van der Waals surface area contributed by atoms with Crippen molar-refractivity contribution in [3.05, 3.63) is 86.6 Å². The van der Waals surface area contributed by atoms with Crippen LogP contribution in [0.1, 0.15) is 10.4 Å². The molecule has 12 heteroatoms.